The van der Waals surface area contributed by atoms with Gasteiger partial charge in [-0.2, -0.15) is 0 Å². The van der Waals surface area contributed by atoms with Crippen LogP contribution in [0.2, 0.25) is 0 Å². The molecule has 6 nitrogen and oxygen atoms in total. The Kier molecular flexibility index (Phi) is 5.37. The largest absolute Gasteiger partial charge is 0.379 e. The maximum atomic E-state index is 11.0. The molecule has 2 amide bonds. The molecular formula is C10H19N3O3. The molecule has 0 aromatic rings. The molecule has 1 N–H and O–H groups in total. The van der Waals surface area contributed by atoms with Gasteiger partial charge in [-0.15, -0.1) is 0 Å². The molecule has 0 spiro atoms. The molecular weight excluding hydrogens is 210 g/mol. The van der Waals surface area contributed by atoms with E-state index in [2.05, 4.69) is 5.32 Å². The maximum absolute atomic E-state index is 11.0. The van der Waals surface area contributed by atoms with E-state index in [0.717, 1.165) is 6.54 Å². The van der Waals surface area contributed by atoms with Crippen LogP contribution in [-0.2, 0) is 14.3 Å². The van der Waals surface area contributed by atoms with Crippen molar-refractivity contribution in [3.8, 4) is 0 Å². The molecule has 1 aliphatic heterocycles. The fourth-order valence-corrected chi connectivity index (χ4v) is 1.40. The van der Waals surface area contributed by atoms with Gasteiger partial charge < -0.3 is 9.64 Å². The van der Waals surface area contributed by atoms with Crippen LogP contribution in [0.25, 0.3) is 0 Å². The van der Waals surface area contributed by atoms with Crippen LogP contribution in [0, 0.1) is 0 Å². The van der Waals surface area contributed by atoms with Crippen LogP contribution in [0.15, 0.2) is 0 Å². The van der Waals surface area contributed by atoms with Gasteiger partial charge in [-0.25, -0.2) is 0 Å². The van der Waals surface area contributed by atoms with Crippen LogP contribution in [0.4, 0.5) is 0 Å². The normalized spacial score (nSPS) is 17.9. The quantitative estimate of drug-likeness (QED) is 0.445. The number of ether oxygens (including phenoxy) is 1. The Hall–Kier alpha value is -0.980. The standard InChI is InChI=1S/C10H19N3O3/c1-12(2)3-5-16-6-4-13-7-9(14)11-10(15)8-13/h3-8H2,1-2H3,(H,11,14,15). The van der Waals surface area contributed by atoms with Gasteiger partial charge in [0.05, 0.1) is 26.3 Å². The van der Waals surface area contributed by atoms with Crippen molar-refractivity contribution >= 4 is 11.8 Å². The summed E-state index contributed by atoms with van der Waals surface area (Å²) in [6.45, 7) is 3.27. The molecule has 16 heavy (non-hydrogen) atoms. The molecule has 1 saturated heterocycles. The first-order valence-corrected chi connectivity index (χ1v) is 5.35. The number of hydrogen-bond donors (Lipinski definition) is 1. The van der Waals surface area contributed by atoms with Crippen molar-refractivity contribution in [2.75, 3.05) is 53.5 Å². The molecule has 0 bridgehead atoms. The van der Waals surface area contributed by atoms with Crippen molar-refractivity contribution in [1.29, 1.82) is 0 Å². The zero-order chi connectivity index (χ0) is 12.0. The lowest BCUT2D eigenvalue weighted by molar-refractivity contribution is -0.136. The molecule has 0 aromatic heterocycles. The molecule has 0 radical (unpaired) electrons. The van der Waals surface area contributed by atoms with E-state index in [0.29, 0.717) is 19.8 Å². The zero-order valence-electron chi connectivity index (χ0n) is 9.86. The van der Waals surface area contributed by atoms with Crippen LogP contribution in [0.5, 0.6) is 0 Å². The molecule has 0 atom stereocenters. The highest BCUT2D eigenvalue weighted by Gasteiger charge is 2.21. The summed E-state index contributed by atoms with van der Waals surface area (Å²) in [4.78, 5) is 25.9. The number of carbonyl (C=O) groups excluding carboxylic acids is 2. The molecule has 1 heterocycles. The Morgan fingerprint density at radius 3 is 2.44 bits per heavy atom. The number of piperazine rings is 1. The van der Waals surface area contributed by atoms with E-state index in [1.807, 2.05) is 19.0 Å². The molecule has 1 aliphatic rings. The van der Waals surface area contributed by atoms with Gasteiger partial charge in [-0.1, -0.05) is 0 Å². The number of likely N-dealkylation sites (N-methyl/N-ethyl adjacent to an activating group) is 1. The maximum Gasteiger partial charge on any atom is 0.240 e. The highest BCUT2D eigenvalue weighted by Crippen LogP contribution is 1.94. The summed E-state index contributed by atoms with van der Waals surface area (Å²) in [5.41, 5.74) is 0. The van der Waals surface area contributed by atoms with Gasteiger partial charge >= 0.3 is 0 Å². The fourth-order valence-electron chi connectivity index (χ4n) is 1.40. The van der Waals surface area contributed by atoms with Crippen molar-refractivity contribution in [3.63, 3.8) is 0 Å². The van der Waals surface area contributed by atoms with Crippen LogP contribution in [0.3, 0.4) is 0 Å². The Morgan fingerprint density at radius 1 is 1.25 bits per heavy atom. The fraction of sp³-hybridized carbons (Fsp3) is 0.800. The molecule has 6 heteroatoms. The SMILES string of the molecule is CN(C)CCOCCN1CC(=O)NC(=O)C1. The molecule has 0 aromatic carbocycles. The van der Waals surface area contributed by atoms with Crippen molar-refractivity contribution < 1.29 is 14.3 Å². The Balaban J connectivity index is 2.08. The van der Waals surface area contributed by atoms with Gasteiger partial charge in [-0.05, 0) is 14.1 Å². The van der Waals surface area contributed by atoms with Crippen LogP contribution in [0.1, 0.15) is 0 Å². The van der Waals surface area contributed by atoms with Gasteiger partial charge in [-0.3, -0.25) is 19.8 Å². The van der Waals surface area contributed by atoms with E-state index in [9.17, 15) is 9.59 Å². The van der Waals surface area contributed by atoms with Crippen LogP contribution in [-0.4, -0.2) is 75.1 Å². The minimum Gasteiger partial charge on any atom is -0.379 e. The smallest absolute Gasteiger partial charge is 0.240 e. The monoisotopic (exact) mass is 229 g/mol. The topological polar surface area (TPSA) is 61.9 Å². The highest BCUT2D eigenvalue weighted by atomic mass is 16.5. The van der Waals surface area contributed by atoms with E-state index in [1.54, 1.807) is 4.90 Å². The van der Waals surface area contributed by atoms with E-state index in [4.69, 9.17) is 4.74 Å². The summed E-state index contributed by atoms with van der Waals surface area (Å²) in [5, 5.41) is 2.26. The minimum atomic E-state index is -0.232. The lowest BCUT2D eigenvalue weighted by Crippen LogP contribution is -2.52. The van der Waals surface area contributed by atoms with E-state index >= 15 is 0 Å². The third kappa shape index (κ3) is 5.20. The number of carbonyl (C=O) groups is 2. The number of nitrogens with one attached hydrogen (secondary N) is 1. The molecule has 0 saturated carbocycles. The second-order valence-corrected chi connectivity index (χ2v) is 4.10. The first-order valence-electron chi connectivity index (χ1n) is 5.35. The average Bonchev–Trinajstić information content (AvgIpc) is 2.15. The van der Waals surface area contributed by atoms with Crippen molar-refractivity contribution in [2.45, 2.75) is 0 Å². The number of nitrogens with zero attached hydrogens (tertiary/aromatic N) is 2. The minimum absolute atomic E-state index is 0.232. The van der Waals surface area contributed by atoms with Crippen LogP contribution < -0.4 is 5.32 Å². The van der Waals surface area contributed by atoms with Crippen molar-refractivity contribution in [1.82, 2.24) is 15.1 Å². The Labute approximate surface area is 95.5 Å². The third-order valence-corrected chi connectivity index (χ3v) is 2.25. The zero-order valence-corrected chi connectivity index (χ0v) is 9.86. The second-order valence-electron chi connectivity index (χ2n) is 4.10. The highest BCUT2D eigenvalue weighted by molar-refractivity contribution is 5.99. The average molecular weight is 229 g/mol. The summed E-state index contributed by atoms with van der Waals surface area (Å²) in [6, 6.07) is 0. The predicted molar refractivity (Wildman–Crippen MR) is 59.0 cm³/mol. The summed E-state index contributed by atoms with van der Waals surface area (Å²) in [5.74, 6) is -0.464. The number of rotatable bonds is 6. The summed E-state index contributed by atoms with van der Waals surface area (Å²) >= 11 is 0. The molecule has 92 valence electrons. The lowest BCUT2D eigenvalue weighted by atomic mass is 10.3. The molecule has 0 unspecified atom stereocenters. The summed E-state index contributed by atoms with van der Waals surface area (Å²) < 4.78 is 5.39. The van der Waals surface area contributed by atoms with E-state index < -0.39 is 0 Å². The Bertz CT molecular complexity index is 240. The van der Waals surface area contributed by atoms with E-state index in [1.165, 1.54) is 0 Å². The summed E-state index contributed by atoms with van der Waals surface area (Å²) in [6.07, 6.45) is 0. The number of hydrogen-bond acceptors (Lipinski definition) is 5. The second kappa shape index (κ2) is 6.57. The Morgan fingerprint density at radius 2 is 1.88 bits per heavy atom. The first-order chi connectivity index (χ1) is 7.58. The van der Waals surface area contributed by atoms with Gasteiger partial charge in [0.1, 0.15) is 0 Å². The van der Waals surface area contributed by atoms with Crippen LogP contribution >= 0.6 is 0 Å². The van der Waals surface area contributed by atoms with Crippen molar-refractivity contribution in [2.24, 2.45) is 0 Å². The summed E-state index contributed by atoms with van der Waals surface area (Å²) in [7, 11) is 3.97. The van der Waals surface area contributed by atoms with Gasteiger partial charge in [0.25, 0.3) is 0 Å². The predicted octanol–water partition coefficient (Wildman–Crippen LogP) is -1.48. The van der Waals surface area contributed by atoms with Gasteiger partial charge in [0.2, 0.25) is 11.8 Å². The van der Waals surface area contributed by atoms with E-state index in [-0.39, 0.29) is 24.9 Å². The number of imide groups is 1. The molecule has 1 rings (SSSR count). The third-order valence-electron chi connectivity index (χ3n) is 2.25. The van der Waals surface area contributed by atoms with Gasteiger partial charge in [0.15, 0.2) is 0 Å². The lowest BCUT2D eigenvalue weighted by Gasteiger charge is -2.24. The van der Waals surface area contributed by atoms with Crippen molar-refractivity contribution in [3.05, 3.63) is 0 Å². The van der Waals surface area contributed by atoms with Gasteiger partial charge in [0, 0.05) is 13.1 Å². The number of amides is 2. The molecule has 0 aliphatic carbocycles. The molecule has 1 fully saturated rings. The first kappa shape index (κ1) is 13.1.